The number of hydrogen-bond donors (Lipinski definition) is 1. The second-order valence-corrected chi connectivity index (χ2v) is 12.5. The molecule has 1 aliphatic heterocycles. The lowest BCUT2D eigenvalue weighted by molar-refractivity contribution is -0.197. The average Bonchev–Trinajstić information content (AvgIpc) is 3.38. The van der Waals surface area contributed by atoms with Crippen LogP contribution in [0.5, 0.6) is 28.7 Å². The highest BCUT2D eigenvalue weighted by Crippen LogP contribution is 2.35. The zero-order valence-corrected chi connectivity index (χ0v) is 28.6. The van der Waals surface area contributed by atoms with E-state index in [1.165, 1.54) is 64.7 Å². The van der Waals surface area contributed by atoms with Gasteiger partial charge < -0.3 is 38.7 Å². The van der Waals surface area contributed by atoms with E-state index in [-0.39, 0.29) is 56.7 Å². The summed E-state index contributed by atoms with van der Waals surface area (Å²) in [6.07, 6.45) is 0.442. The molecule has 1 saturated heterocycles. The highest BCUT2D eigenvalue weighted by molar-refractivity contribution is 7.93. The van der Waals surface area contributed by atoms with Crippen molar-refractivity contribution >= 4 is 45.7 Å². The first kappa shape index (κ1) is 38.1. The first-order chi connectivity index (χ1) is 23.3. The van der Waals surface area contributed by atoms with Crippen LogP contribution in [-0.4, -0.2) is 96.7 Å². The van der Waals surface area contributed by atoms with E-state index in [4.69, 9.17) is 28.5 Å². The Balaban J connectivity index is 1.52. The topological polar surface area (TPSA) is 193 Å². The molecule has 2 aromatic rings. The number of carbonyl (C=O) groups is 5. The number of likely N-dealkylation sites (N-methyl/N-ethyl adjacent to an activating group) is 1. The first-order valence-electron chi connectivity index (χ1n) is 14.9. The zero-order valence-electron chi connectivity index (χ0n) is 27.8. The lowest BCUT2D eigenvalue weighted by Crippen LogP contribution is -2.37. The zero-order chi connectivity index (χ0) is 36.1. The Bertz CT molecular complexity index is 1650. The van der Waals surface area contributed by atoms with Gasteiger partial charge in [-0.25, -0.2) is 18.0 Å². The van der Waals surface area contributed by atoms with Crippen LogP contribution in [0, 0.1) is 0 Å². The number of methoxy groups -OCH3 is 4. The summed E-state index contributed by atoms with van der Waals surface area (Å²) in [7, 11) is 3.33. The molecule has 1 heterocycles. The van der Waals surface area contributed by atoms with Gasteiger partial charge in [0.05, 0.1) is 39.8 Å². The van der Waals surface area contributed by atoms with Gasteiger partial charge in [-0.3, -0.25) is 14.4 Å². The van der Waals surface area contributed by atoms with Crippen molar-refractivity contribution in [1.29, 1.82) is 0 Å². The molecule has 4 amide bonds. The molecular weight excluding hydrogens is 666 g/mol. The summed E-state index contributed by atoms with van der Waals surface area (Å²) >= 11 is 0. The van der Waals surface area contributed by atoms with Crippen molar-refractivity contribution in [3.05, 3.63) is 46.9 Å². The van der Waals surface area contributed by atoms with Gasteiger partial charge in [-0.05, 0) is 30.2 Å². The van der Waals surface area contributed by atoms with E-state index >= 15 is 0 Å². The van der Waals surface area contributed by atoms with Gasteiger partial charge in [-0.1, -0.05) is 6.07 Å². The Hall–Kier alpha value is -5.32. The molecule has 0 aromatic heterocycles. The van der Waals surface area contributed by atoms with Crippen molar-refractivity contribution in [2.75, 3.05) is 48.6 Å². The lowest BCUT2D eigenvalue weighted by Gasteiger charge is -2.18. The highest BCUT2D eigenvalue weighted by atomic mass is 32.2. The molecule has 0 bridgehead atoms. The predicted molar refractivity (Wildman–Crippen MR) is 173 cm³/mol. The maximum atomic E-state index is 13.0. The molecule has 17 heteroatoms. The molecule has 1 N–H and O–H groups in total. The van der Waals surface area contributed by atoms with Crippen LogP contribution in [0.25, 0.3) is 6.08 Å². The highest BCUT2D eigenvalue weighted by Gasteiger charge is 2.32. The average molecular weight is 706 g/mol. The monoisotopic (exact) mass is 705 g/mol. The Morgan fingerprint density at radius 3 is 2.10 bits per heavy atom. The van der Waals surface area contributed by atoms with Gasteiger partial charge in [0, 0.05) is 63.4 Å². The smallest absolute Gasteiger partial charge is 0.415 e. The fraction of sp³-hybridized carbons (Fsp3) is 0.406. The van der Waals surface area contributed by atoms with Gasteiger partial charge in [0.2, 0.25) is 5.91 Å². The minimum Gasteiger partial charge on any atom is -0.496 e. The summed E-state index contributed by atoms with van der Waals surface area (Å²) < 4.78 is 52.8. The van der Waals surface area contributed by atoms with E-state index in [0.29, 0.717) is 33.4 Å². The second-order valence-electron chi connectivity index (χ2n) is 10.6. The summed E-state index contributed by atoms with van der Waals surface area (Å²) in [5, 5.41) is 4.09. The van der Waals surface area contributed by atoms with E-state index in [0.717, 1.165) is 5.41 Å². The van der Waals surface area contributed by atoms with Crippen molar-refractivity contribution in [2.24, 2.45) is 0 Å². The largest absolute Gasteiger partial charge is 0.496 e. The summed E-state index contributed by atoms with van der Waals surface area (Å²) in [6.45, 7) is 0.127. The van der Waals surface area contributed by atoms with Crippen molar-refractivity contribution in [2.45, 2.75) is 37.9 Å². The molecule has 0 unspecified atom stereocenters. The van der Waals surface area contributed by atoms with Crippen LogP contribution >= 0.6 is 0 Å². The summed E-state index contributed by atoms with van der Waals surface area (Å²) in [5.41, 5.74) is 0.715. The summed E-state index contributed by atoms with van der Waals surface area (Å²) in [4.78, 5) is 65.8. The number of sulfone groups is 1. The van der Waals surface area contributed by atoms with E-state index in [1.807, 2.05) is 0 Å². The molecule has 0 saturated carbocycles. The van der Waals surface area contributed by atoms with Crippen molar-refractivity contribution in [3.63, 3.8) is 0 Å². The fourth-order valence-corrected chi connectivity index (χ4v) is 5.54. The number of nitrogens with one attached hydrogen (secondary N) is 1. The number of amides is 4. The molecule has 1 aliphatic rings. The van der Waals surface area contributed by atoms with Gasteiger partial charge in [0.25, 0.3) is 11.8 Å². The Morgan fingerprint density at radius 2 is 1.51 bits per heavy atom. The fourth-order valence-electron chi connectivity index (χ4n) is 4.45. The van der Waals surface area contributed by atoms with Gasteiger partial charge in [-0.2, -0.15) is 0 Å². The second kappa shape index (κ2) is 17.7. The minimum absolute atomic E-state index is 0.0113. The van der Waals surface area contributed by atoms with Crippen LogP contribution in [0.3, 0.4) is 0 Å². The molecule has 2 aromatic carbocycles. The van der Waals surface area contributed by atoms with Crippen LogP contribution in [0.1, 0.15) is 43.2 Å². The van der Waals surface area contributed by atoms with Crippen LogP contribution in [-0.2, 0) is 39.6 Å². The molecule has 0 aliphatic carbocycles. The van der Waals surface area contributed by atoms with Crippen LogP contribution in [0.15, 0.2) is 35.7 Å². The van der Waals surface area contributed by atoms with Crippen LogP contribution in [0.2, 0.25) is 0 Å². The number of ether oxygens (including phenoxy) is 5. The maximum Gasteiger partial charge on any atom is 0.415 e. The number of hydroxylamine groups is 2. The molecular formula is C32H39N3O13S. The number of rotatable bonds is 17. The number of hydrogen-bond acceptors (Lipinski definition) is 13. The van der Waals surface area contributed by atoms with Crippen molar-refractivity contribution < 1.29 is 60.9 Å². The first-order valence-corrected chi connectivity index (χ1v) is 16.7. The Morgan fingerprint density at radius 1 is 0.878 bits per heavy atom. The molecule has 0 spiro atoms. The molecule has 0 atom stereocenters. The van der Waals surface area contributed by atoms with Gasteiger partial charge in [0.15, 0.2) is 21.3 Å². The Labute approximate surface area is 283 Å². The summed E-state index contributed by atoms with van der Waals surface area (Å²) in [5.74, 6) is -1.45. The third-order valence-corrected chi connectivity index (χ3v) is 8.34. The third-order valence-electron chi connectivity index (χ3n) is 7.05. The van der Waals surface area contributed by atoms with Gasteiger partial charge in [-0.15, -0.1) is 5.06 Å². The molecule has 3 rings (SSSR count). The lowest BCUT2D eigenvalue weighted by atomic mass is 10.1. The van der Waals surface area contributed by atoms with Gasteiger partial charge in [0.1, 0.15) is 17.2 Å². The minimum atomic E-state index is -3.83. The van der Waals surface area contributed by atoms with E-state index < -0.39 is 45.4 Å². The predicted octanol–water partition coefficient (Wildman–Crippen LogP) is 2.63. The van der Waals surface area contributed by atoms with Crippen LogP contribution in [0.4, 0.5) is 4.79 Å². The standard InChI is InChI=1S/C32H39N3O13S/c1-34(15-14-33-28(36)7-6-8-31(39)48-35-29(37)11-12-30(35)38)32(40)47-27-17-21(9-10-24(27)44-3)20-49(41,42)16-13-23-25(45-4)18-22(43-2)19-26(23)46-5/h9-10,13,16-19H,6-8,11-12,14-15,20H2,1-5H3,(H,33,36)/b16-13+. The molecule has 266 valence electrons. The number of carbonyl (C=O) groups excluding carboxylic acids is 5. The third kappa shape index (κ3) is 11.1. The SMILES string of the molecule is COc1cc(OC)c(/C=C/S(=O)(=O)Cc2ccc(OC)c(OC(=O)N(C)CCNC(=O)CCCC(=O)ON3C(=O)CCC3=O)c2)c(OC)c1. The van der Waals surface area contributed by atoms with E-state index in [1.54, 1.807) is 12.1 Å². The van der Waals surface area contributed by atoms with E-state index in [9.17, 15) is 32.4 Å². The summed E-state index contributed by atoms with van der Waals surface area (Å²) in [6, 6.07) is 7.58. The normalized spacial score (nSPS) is 12.9. The molecule has 16 nitrogen and oxygen atoms in total. The Kier molecular flexibility index (Phi) is 13.8. The molecule has 49 heavy (non-hydrogen) atoms. The molecule has 1 fully saturated rings. The van der Waals surface area contributed by atoms with Gasteiger partial charge >= 0.3 is 12.1 Å². The van der Waals surface area contributed by atoms with E-state index in [2.05, 4.69) is 5.32 Å². The number of imide groups is 1. The van der Waals surface area contributed by atoms with Crippen LogP contribution < -0.4 is 29.0 Å². The maximum absolute atomic E-state index is 13.0. The quantitative estimate of drug-likeness (QED) is 0.236. The molecule has 0 radical (unpaired) electrons. The number of benzene rings is 2. The number of nitrogens with zero attached hydrogens (tertiary/aromatic N) is 2. The van der Waals surface area contributed by atoms with Crippen molar-refractivity contribution in [1.82, 2.24) is 15.3 Å². The van der Waals surface area contributed by atoms with Crippen molar-refractivity contribution in [3.8, 4) is 28.7 Å².